The zero-order valence-electron chi connectivity index (χ0n) is 10.7. The topological polar surface area (TPSA) is 59.5 Å². The molecule has 0 N–H and O–H groups in total. The van der Waals surface area contributed by atoms with Gasteiger partial charge >= 0.3 is 6.09 Å². The molecule has 6 heteroatoms. The number of unbranched alkanes of at least 4 members (excludes halogenated alkanes) is 1. The Morgan fingerprint density at radius 1 is 1.53 bits per heavy atom. The molecule has 1 aromatic rings. The fraction of sp³-hybridized carbons (Fsp3) is 0.462. The second-order valence-corrected chi connectivity index (χ2v) is 4.69. The quantitative estimate of drug-likeness (QED) is 0.632. The van der Waals surface area contributed by atoms with Gasteiger partial charge in [0.05, 0.1) is 17.9 Å². The van der Waals surface area contributed by atoms with E-state index in [0.717, 1.165) is 17.7 Å². The van der Waals surface area contributed by atoms with Gasteiger partial charge in [0.2, 0.25) is 0 Å². The molecule has 1 aromatic heterocycles. The first-order chi connectivity index (χ1) is 9.13. The molecule has 5 nitrogen and oxygen atoms in total. The van der Waals surface area contributed by atoms with Crippen LogP contribution in [0.15, 0.2) is 12.1 Å². The number of ether oxygens (including phenoxy) is 1. The summed E-state index contributed by atoms with van der Waals surface area (Å²) in [5.74, 6) is -0.369. The van der Waals surface area contributed by atoms with E-state index in [4.69, 9.17) is 16.3 Å². The fourth-order valence-corrected chi connectivity index (χ4v) is 2.05. The SMILES string of the molecule is CCCCOC(=O)N1CCc2nc(Cl)ccc2C1=O. The number of fused-ring (bicyclic) bond motifs is 1. The molecular formula is C13H15ClN2O3. The third-order valence-electron chi connectivity index (χ3n) is 2.93. The Kier molecular flexibility index (Phi) is 4.37. The molecule has 0 unspecified atom stereocenters. The summed E-state index contributed by atoms with van der Waals surface area (Å²) in [7, 11) is 0. The predicted octanol–water partition coefficient (Wildman–Crippen LogP) is 2.67. The number of carbonyl (C=O) groups excluding carboxylic acids is 2. The molecule has 1 aliphatic rings. The average molecular weight is 283 g/mol. The van der Waals surface area contributed by atoms with Crippen molar-refractivity contribution in [2.24, 2.45) is 0 Å². The van der Waals surface area contributed by atoms with Crippen LogP contribution in [0.3, 0.4) is 0 Å². The lowest BCUT2D eigenvalue weighted by Gasteiger charge is -2.25. The number of halogens is 1. The Balaban J connectivity index is 2.08. The number of hydrogen-bond acceptors (Lipinski definition) is 4. The Hall–Kier alpha value is -1.62. The maximum atomic E-state index is 12.1. The molecule has 0 spiro atoms. The summed E-state index contributed by atoms with van der Waals surface area (Å²) in [5.41, 5.74) is 1.05. The van der Waals surface area contributed by atoms with Crippen molar-refractivity contribution in [3.05, 3.63) is 28.5 Å². The van der Waals surface area contributed by atoms with Crippen molar-refractivity contribution in [2.45, 2.75) is 26.2 Å². The van der Waals surface area contributed by atoms with E-state index in [1.165, 1.54) is 0 Å². The first-order valence-corrected chi connectivity index (χ1v) is 6.65. The predicted molar refractivity (Wildman–Crippen MR) is 70.2 cm³/mol. The van der Waals surface area contributed by atoms with E-state index < -0.39 is 6.09 Å². The van der Waals surface area contributed by atoms with Crippen LogP contribution in [0.2, 0.25) is 5.15 Å². The molecule has 1 aliphatic heterocycles. The first kappa shape index (κ1) is 13.8. The van der Waals surface area contributed by atoms with Crippen LogP contribution < -0.4 is 0 Å². The molecule has 0 radical (unpaired) electrons. The van der Waals surface area contributed by atoms with Crippen LogP contribution in [0.1, 0.15) is 35.8 Å². The summed E-state index contributed by atoms with van der Waals surface area (Å²) < 4.78 is 5.05. The number of imide groups is 1. The minimum absolute atomic E-state index is 0.282. The van der Waals surface area contributed by atoms with Crippen molar-refractivity contribution in [1.29, 1.82) is 0 Å². The first-order valence-electron chi connectivity index (χ1n) is 6.27. The molecule has 0 saturated heterocycles. The molecule has 2 amide bonds. The van der Waals surface area contributed by atoms with Crippen molar-refractivity contribution in [1.82, 2.24) is 9.88 Å². The van der Waals surface area contributed by atoms with Gasteiger partial charge in [-0.3, -0.25) is 4.79 Å². The van der Waals surface area contributed by atoms with Gasteiger partial charge in [0, 0.05) is 13.0 Å². The van der Waals surface area contributed by atoms with E-state index in [1.807, 2.05) is 6.92 Å². The number of pyridine rings is 1. The van der Waals surface area contributed by atoms with Gasteiger partial charge in [0.1, 0.15) is 5.15 Å². The van der Waals surface area contributed by atoms with Crippen LogP contribution in [0.5, 0.6) is 0 Å². The van der Waals surface area contributed by atoms with Gasteiger partial charge in [0.15, 0.2) is 0 Å². The van der Waals surface area contributed by atoms with E-state index in [9.17, 15) is 9.59 Å². The normalized spacial score (nSPS) is 14.2. The van der Waals surface area contributed by atoms with Gasteiger partial charge in [-0.05, 0) is 18.6 Å². The maximum Gasteiger partial charge on any atom is 0.416 e. The van der Waals surface area contributed by atoms with Crippen LogP contribution in [0, 0.1) is 0 Å². The second-order valence-electron chi connectivity index (χ2n) is 4.30. The molecule has 0 fully saturated rings. The largest absolute Gasteiger partial charge is 0.449 e. The average Bonchev–Trinajstić information content (AvgIpc) is 2.39. The van der Waals surface area contributed by atoms with Gasteiger partial charge in [-0.1, -0.05) is 24.9 Å². The number of hydrogen-bond donors (Lipinski definition) is 0. The minimum Gasteiger partial charge on any atom is -0.449 e. The van der Waals surface area contributed by atoms with Crippen LogP contribution in [0.25, 0.3) is 0 Å². The molecule has 2 rings (SSSR count). The molecule has 0 atom stereocenters. The van der Waals surface area contributed by atoms with Crippen molar-refractivity contribution in [3.63, 3.8) is 0 Å². The Bertz CT molecular complexity index is 505. The highest BCUT2D eigenvalue weighted by atomic mass is 35.5. The summed E-state index contributed by atoms with van der Waals surface area (Å²) in [4.78, 5) is 29.2. The summed E-state index contributed by atoms with van der Waals surface area (Å²) >= 11 is 5.78. The highest BCUT2D eigenvalue weighted by Crippen LogP contribution is 2.20. The second kappa shape index (κ2) is 6.02. The van der Waals surface area contributed by atoms with Crippen LogP contribution in [-0.2, 0) is 11.2 Å². The molecular weight excluding hydrogens is 268 g/mol. The zero-order valence-corrected chi connectivity index (χ0v) is 11.4. The van der Waals surface area contributed by atoms with Crippen LogP contribution in [0.4, 0.5) is 4.79 Å². The van der Waals surface area contributed by atoms with E-state index >= 15 is 0 Å². The molecule has 2 heterocycles. The third-order valence-corrected chi connectivity index (χ3v) is 3.14. The third kappa shape index (κ3) is 3.04. The molecule has 0 bridgehead atoms. The lowest BCUT2D eigenvalue weighted by molar-refractivity contribution is 0.0641. The monoisotopic (exact) mass is 282 g/mol. The lowest BCUT2D eigenvalue weighted by Crippen LogP contribution is -2.42. The lowest BCUT2D eigenvalue weighted by atomic mass is 10.1. The minimum atomic E-state index is -0.584. The summed E-state index contributed by atoms with van der Waals surface area (Å²) in [6.07, 6.45) is 1.65. The highest BCUT2D eigenvalue weighted by molar-refractivity contribution is 6.29. The Morgan fingerprint density at radius 3 is 3.05 bits per heavy atom. The van der Waals surface area contributed by atoms with Gasteiger partial charge in [0.25, 0.3) is 5.91 Å². The van der Waals surface area contributed by atoms with Gasteiger partial charge in [-0.15, -0.1) is 0 Å². The van der Waals surface area contributed by atoms with Gasteiger partial charge in [-0.25, -0.2) is 14.7 Å². The molecule has 0 aromatic carbocycles. The maximum absolute atomic E-state index is 12.1. The Labute approximate surface area is 116 Å². The van der Waals surface area contributed by atoms with Crippen molar-refractivity contribution in [2.75, 3.05) is 13.2 Å². The molecule has 0 aliphatic carbocycles. The fourth-order valence-electron chi connectivity index (χ4n) is 1.88. The standard InChI is InChI=1S/C13H15ClN2O3/c1-2-3-8-19-13(18)16-7-6-10-9(12(16)17)4-5-11(14)15-10/h4-5H,2-3,6-8H2,1H3. The molecule has 19 heavy (non-hydrogen) atoms. The number of carbonyl (C=O) groups is 2. The van der Waals surface area contributed by atoms with Gasteiger partial charge < -0.3 is 4.74 Å². The van der Waals surface area contributed by atoms with Crippen molar-refractivity contribution in [3.8, 4) is 0 Å². The van der Waals surface area contributed by atoms with Crippen molar-refractivity contribution >= 4 is 23.6 Å². The van der Waals surface area contributed by atoms with Crippen molar-refractivity contribution < 1.29 is 14.3 Å². The zero-order chi connectivity index (χ0) is 13.8. The summed E-state index contributed by atoms with van der Waals surface area (Å²) in [6.45, 7) is 2.63. The number of rotatable bonds is 3. The smallest absolute Gasteiger partial charge is 0.416 e. The highest BCUT2D eigenvalue weighted by Gasteiger charge is 2.30. The summed E-state index contributed by atoms with van der Waals surface area (Å²) in [6, 6.07) is 3.14. The van der Waals surface area contributed by atoms with E-state index in [0.29, 0.717) is 29.4 Å². The molecule has 0 saturated carbocycles. The van der Waals surface area contributed by atoms with Crippen LogP contribution in [-0.4, -0.2) is 35.0 Å². The molecule has 102 valence electrons. The number of nitrogens with zero attached hydrogens (tertiary/aromatic N) is 2. The number of aromatic nitrogens is 1. The number of amides is 2. The van der Waals surface area contributed by atoms with E-state index in [-0.39, 0.29) is 12.5 Å². The van der Waals surface area contributed by atoms with Gasteiger partial charge in [-0.2, -0.15) is 0 Å². The summed E-state index contributed by atoms with van der Waals surface area (Å²) in [5, 5.41) is 0.352. The van der Waals surface area contributed by atoms with E-state index in [2.05, 4.69) is 4.98 Å². The Morgan fingerprint density at radius 2 is 2.32 bits per heavy atom. The van der Waals surface area contributed by atoms with Crippen LogP contribution >= 0.6 is 11.6 Å². The van der Waals surface area contributed by atoms with E-state index in [1.54, 1.807) is 12.1 Å².